The molecule has 1 aromatic carbocycles. The molecule has 0 bridgehead atoms. The van der Waals surface area contributed by atoms with Crippen LogP contribution >= 0.6 is 0 Å². The Morgan fingerprint density at radius 1 is 1.16 bits per heavy atom. The Morgan fingerprint density at radius 2 is 1.95 bits per heavy atom. The summed E-state index contributed by atoms with van der Waals surface area (Å²) in [5, 5.41) is 0. The quantitative estimate of drug-likeness (QED) is 0.561. The van der Waals surface area contributed by atoms with Crippen LogP contribution in [0.3, 0.4) is 0 Å². The Bertz CT molecular complexity index is 426. The van der Waals surface area contributed by atoms with Crippen molar-refractivity contribution in [2.24, 2.45) is 0 Å². The second kappa shape index (κ2) is 8.29. The molecule has 0 spiro atoms. The predicted molar refractivity (Wildman–Crippen MR) is 72.0 cm³/mol. The van der Waals surface area contributed by atoms with E-state index in [-0.39, 0.29) is 6.61 Å². The standard InChI is InChI=1S/C15H20O4/c1-3-5-9-18-14(16)11-19-15(17)13-8-6-7-12(4-2)10-13/h6-8,10H,3-5,9,11H2,1-2H3. The molecular weight excluding hydrogens is 244 g/mol. The lowest BCUT2D eigenvalue weighted by molar-refractivity contribution is -0.147. The summed E-state index contributed by atoms with van der Waals surface area (Å²) in [4.78, 5) is 23.0. The summed E-state index contributed by atoms with van der Waals surface area (Å²) >= 11 is 0. The van der Waals surface area contributed by atoms with Gasteiger partial charge in [-0.05, 0) is 30.5 Å². The van der Waals surface area contributed by atoms with Gasteiger partial charge in [-0.25, -0.2) is 9.59 Å². The fourth-order valence-corrected chi connectivity index (χ4v) is 1.50. The number of benzene rings is 1. The van der Waals surface area contributed by atoms with Crippen molar-refractivity contribution < 1.29 is 19.1 Å². The molecule has 0 N–H and O–H groups in total. The molecule has 0 atom stereocenters. The monoisotopic (exact) mass is 264 g/mol. The molecule has 4 nitrogen and oxygen atoms in total. The Labute approximate surface area is 113 Å². The number of rotatable bonds is 7. The number of ether oxygens (including phenoxy) is 2. The van der Waals surface area contributed by atoms with Gasteiger partial charge in [-0.1, -0.05) is 32.4 Å². The first-order chi connectivity index (χ1) is 9.17. The Kier molecular flexibility index (Phi) is 6.64. The molecule has 104 valence electrons. The van der Waals surface area contributed by atoms with E-state index in [9.17, 15) is 9.59 Å². The van der Waals surface area contributed by atoms with Gasteiger partial charge in [0.1, 0.15) is 0 Å². The first-order valence-corrected chi connectivity index (χ1v) is 6.59. The second-order valence-corrected chi connectivity index (χ2v) is 4.20. The van der Waals surface area contributed by atoms with Crippen molar-refractivity contribution in [3.05, 3.63) is 35.4 Å². The van der Waals surface area contributed by atoms with Gasteiger partial charge in [-0.2, -0.15) is 0 Å². The maximum atomic E-state index is 11.7. The Hall–Kier alpha value is -1.84. The first-order valence-electron chi connectivity index (χ1n) is 6.59. The molecule has 19 heavy (non-hydrogen) atoms. The van der Waals surface area contributed by atoms with Crippen molar-refractivity contribution in [2.45, 2.75) is 33.1 Å². The molecule has 0 unspecified atom stereocenters. The van der Waals surface area contributed by atoms with Crippen molar-refractivity contribution in [1.82, 2.24) is 0 Å². The molecule has 0 aromatic heterocycles. The average molecular weight is 264 g/mol. The summed E-state index contributed by atoms with van der Waals surface area (Å²) in [6, 6.07) is 7.18. The molecule has 0 radical (unpaired) electrons. The van der Waals surface area contributed by atoms with Crippen LogP contribution in [0.5, 0.6) is 0 Å². The summed E-state index contributed by atoms with van der Waals surface area (Å²) in [5.74, 6) is -1.00. The van der Waals surface area contributed by atoms with Crippen LogP contribution in [-0.2, 0) is 20.7 Å². The van der Waals surface area contributed by atoms with Gasteiger partial charge in [0.15, 0.2) is 6.61 Å². The molecule has 1 rings (SSSR count). The maximum Gasteiger partial charge on any atom is 0.344 e. The Morgan fingerprint density at radius 3 is 2.63 bits per heavy atom. The number of unbranched alkanes of at least 4 members (excludes halogenated alkanes) is 1. The molecule has 0 fully saturated rings. The van der Waals surface area contributed by atoms with Gasteiger partial charge in [0.25, 0.3) is 0 Å². The van der Waals surface area contributed by atoms with Crippen molar-refractivity contribution in [1.29, 1.82) is 0 Å². The topological polar surface area (TPSA) is 52.6 Å². The zero-order valence-corrected chi connectivity index (χ0v) is 11.5. The third-order valence-corrected chi connectivity index (χ3v) is 2.65. The molecule has 0 saturated heterocycles. The third-order valence-electron chi connectivity index (χ3n) is 2.65. The highest BCUT2D eigenvalue weighted by atomic mass is 16.6. The number of carbonyl (C=O) groups is 2. The number of esters is 2. The number of hydrogen-bond acceptors (Lipinski definition) is 4. The number of hydrogen-bond donors (Lipinski definition) is 0. The molecule has 1 aromatic rings. The SMILES string of the molecule is CCCCOC(=O)COC(=O)c1cccc(CC)c1. The van der Waals surface area contributed by atoms with E-state index >= 15 is 0 Å². The molecule has 0 aliphatic heterocycles. The van der Waals surface area contributed by atoms with Crippen molar-refractivity contribution in [2.75, 3.05) is 13.2 Å². The van der Waals surface area contributed by atoms with Crippen LogP contribution in [0.4, 0.5) is 0 Å². The summed E-state index contributed by atoms with van der Waals surface area (Å²) < 4.78 is 9.80. The van der Waals surface area contributed by atoms with Crippen LogP contribution < -0.4 is 0 Å². The van der Waals surface area contributed by atoms with E-state index in [2.05, 4.69) is 0 Å². The average Bonchev–Trinajstić information content (AvgIpc) is 2.45. The molecule has 0 aliphatic carbocycles. The zero-order valence-electron chi connectivity index (χ0n) is 11.5. The first kappa shape index (κ1) is 15.2. The highest BCUT2D eigenvalue weighted by molar-refractivity contribution is 5.90. The van der Waals surface area contributed by atoms with E-state index in [0.717, 1.165) is 24.8 Å². The van der Waals surface area contributed by atoms with Gasteiger partial charge in [-0.15, -0.1) is 0 Å². The highest BCUT2D eigenvalue weighted by Crippen LogP contribution is 2.07. The van der Waals surface area contributed by atoms with Crippen LogP contribution in [0.15, 0.2) is 24.3 Å². The third kappa shape index (κ3) is 5.55. The molecule has 0 aliphatic rings. The van der Waals surface area contributed by atoms with E-state index in [1.807, 2.05) is 19.9 Å². The van der Waals surface area contributed by atoms with Crippen LogP contribution in [-0.4, -0.2) is 25.2 Å². The minimum atomic E-state index is -0.506. The smallest absolute Gasteiger partial charge is 0.344 e. The minimum absolute atomic E-state index is 0.334. The summed E-state index contributed by atoms with van der Waals surface area (Å²) in [6.45, 7) is 4.06. The molecule has 4 heteroatoms. The molecule has 0 heterocycles. The van der Waals surface area contributed by atoms with Crippen LogP contribution in [0.25, 0.3) is 0 Å². The zero-order chi connectivity index (χ0) is 14.1. The van der Waals surface area contributed by atoms with Crippen LogP contribution in [0.1, 0.15) is 42.6 Å². The summed E-state index contributed by atoms with van der Waals surface area (Å²) in [6.07, 6.45) is 2.62. The highest BCUT2D eigenvalue weighted by Gasteiger charge is 2.11. The van der Waals surface area contributed by atoms with Gasteiger partial charge in [0.2, 0.25) is 0 Å². The summed E-state index contributed by atoms with van der Waals surface area (Å²) in [5.41, 5.74) is 1.51. The Balaban J connectivity index is 2.40. The lowest BCUT2D eigenvalue weighted by atomic mass is 10.1. The second-order valence-electron chi connectivity index (χ2n) is 4.20. The maximum absolute atomic E-state index is 11.7. The molecular formula is C15H20O4. The lowest BCUT2D eigenvalue weighted by Crippen LogP contribution is -2.17. The van der Waals surface area contributed by atoms with Crippen LogP contribution in [0.2, 0.25) is 0 Å². The molecule has 0 amide bonds. The van der Waals surface area contributed by atoms with E-state index in [4.69, 9.17) is 9.47 Å². The normalized spacial score (nSPS) is 10.0. The van der Waals surface area contributed by atoms with E-state index < -0.39 is 11.9 Å². The largest absolute Gasteiger partial charge is 0.463 e. The number of carbonyl (C=O) groups excluding carboxylic acids is 2. The van der Waals surface area contributed by atoms with Crippen molar-refractivity contribution >= 4 is 11.9 Å². The summed E-state index contributed by atoms with van der Waals surface area (Å²) in [7, 11) is 0. The van der Waals surface area contributed by atoms with E-state index in [1.165, 1.54) is 0 Å². The van der Waals surface area contributed by atoms with Gasteiger partial charge >= 0.3 is 11.9 Å². The predicted octanol–water partition coefficient (Wildman–Crippen LogP) is 2.75. The van der Waals surface area contributed by atoms with Gasteiger partial charge in [-0.3, -0.25) is 0 Å². The lowest BCUT2D eigenvalue weighted by Gasteiger charge is -2.06. The van der Waals surface area contributed by atoms with Gasteiger partial charge < -0.3 is 9.47 Å². The van der Waals surface area contributed by atoms with E-state index in [0.29, 0.717) is 12.2 Å². The van der Waals surface area contributed by atoms with Crippen molar-refractivity contribution in [3.63, 3.8) is 0 Å². The molecule has 0 saturated carbocycles. The van der Waals surface area contributed by atoms with Crippen LogP contribution in [0, 0.1) is 0 Å². The fourth-order valence-electron chi connectivity index (χ4n) is 1.50. The van der Waals surface area contributed by atoms with Gasteiger partial charge in [0, 0.05) is 0 Å². The van der Waals surface area contributed by atoms with Gasteiger partial charge in [0.05, 0.1) is 12.2 Å². The number of aryl methyl sites for hydroxylation is 1. The fraction of sp³-hybridized carbons (Fsp3) is 0.467. The minimum Gasteiger partial charge on any atom is -0.463 e. The van der Waals surface area contributed by atoms with E-state index in [1.54, 1.807) is 18.2 Å². The van der Waals surface area contributed by atoms with Crippen molar-refractivity contribution in [3.8, 4) is 0 Å².